The molecule has 0 aliphatic rings. The van der Waals surface area contributed by atoms with Crippen LogP contribution in [0.2, 0.25) is 10.0 Å². The highest BCUT2D eigenvalue weighted by atomic mass is 35.5. The second-order valence-corrected chi connectivity index (χ2v) is 6.18. The van der Waals surface area contributed by atoms with Crippen molar-refractivity contribution in [3.8, 4) is 5.75 Å². The first-order valence-corrected chi connectivity index (χ1v) is 8.38. The lowest BCUT2D eigenvalue weighted by atomic mass is 10.2. The van der Waals surface area contributed by atoms with Crippen LogP contribution in [0.15, 0.2) is 64.8 Å². The predicted molar refractivity (Wildman–Crippen MR) is 104 cm³/mol. The number of anilines is 2. The van der Waals surface area contributed by atoms with Crippen molar-refractivity contribution in [3.05, 3.63) is 70.2 Å². The van der Waals surface area contributed by atoms with E-state index in [1.165, 1.54) is 0 Å². The molecule has 2 aromatic carbocycles. The number of pyridine rings is 1. The fourth-order valence-corrected chi connectivity index (χ4v) is 2.47. The molecule has 0 fully saturated rings. The van der Waals surface area contributed by atoms with Gasteiger partial charge < -0.3 is 16.2 Å². The van der Waals surface area contributed by atoms with Crippen LogP contribution < -0.4 is 16.2 Å². The van der Waals surface area contributed by atoms with Crippen molar-refractivity contribution < 1.29 is 4.74 Å². The zero-order valence-corrected chi connectivity index (χ0v) is 15.1. The van der Waals surface area contributed by atoms with Crippen molar-refractivity contribution in [1.29, 1.82) is 0 Å². The molecule has 4 N–H and O–H groups in total. The summed E-state index contributed by atoms with van der Waals surface area (Å²) < 4.78 is 5.81. The molecule has 3 rings (SSSR count). The zero-order valence-electron chi connectivity index (χ0n) is 13.6. The molecule has 0 amide bonds. The summed E-state index contributed by atoms with van der Waals surface area (Å²) in [6, 6.07) is 15.8. The predicted octanol–water partition coefficient (Wildman–Crippen LogP) is 5.55. The molecule has 1 aromatic heterocycles. The first kappa shape index (κ1) is 18.0. The summed E-state index contributed by atoms with van der Waals surface area (Å²) in [5, 5.41) is 9.52. The molecule has 8 heteroatoms. The summed E-state index contributed by atoms with van der Waals surface area (Å²) in [4.78, 5) is 4.01. The van der Waals surface area contributed by atoms with Gasteiger partial charge in [-0.25, -0.2) is 4.98 Å². The first-order chi connectivity index (χ1) is 12.5. The Morgan fingerprint density at radius 2 is 1.69 bits per heavy atom. The van der Waals surface area contributed by atoms with Gasteiger partial charge in [0, 0.05) is 21.7 Å². The number of halogens is 2. The lowest BCUT2D eigenvalue weighted by Gasteiger charge is -2.11. The first-order valence-electron chi connectivity index (χ1n) is 7.62. The number of nitrogen functional groups attached to an aromatic ring is 2. The molecular weight excluding hydrogens is 373 g/mol. The third-order valence-corrected chi connectivity index (χ3v) is 4.06. The molecule has 0 unspecified atom stereocenters. The van der Waals surface area contributed by atoms with Crippen LogP contribution in [0.25, 0.3) is 0 Å². The SMILES string of the molecule is Nc1cc(OCc2ccccc2Cl)c(/N=N/c2ccc(Cl)cc2)c(N)n1. The van der Waals surface area contributed by atoms with Crippen LogP contribution in [0.1, 0.15) is 5.56 Å². The number of ether oxygens (including phenoxy) is 1. The van der Waals surface area contributed by atoms with E-state index in [0.717, 1.165) is 5.56 Å². The number of hydrogen-bond donors (Lipinski definition) is 2. The van der Waals surface area contributed by atoms with E-state index in [1.807, 2.05) is 18.2 Å². The molecule has 26 heavy (non-hydrogen) atoms. The average molecular weight is 388 g/mol. The number of benzene rings is 2. The van der Waals surface area contributed by atoms with E-state index in [0.29, 0.717) is 27.2 Å². The quantitative estimate of drug-likeness (QED) is 0.560. The van der Waals surface area contributed by atoms with E-state index in [2.05, 4.69) is 15.2 Å². The highest BCUT2D eigenvalue weighted by molar-refractivity contribution is 6.31. The summed E-state index contributed by atoms with van der Waals surface area (Å²) >= 11 is 12.0. The molecule has 0 saturated heterocycles. The van der Waals surface area contributed by atoms with E-state index in [-0.39, 0.29) is 18.2 Å². The summed E-state index contributed by atoms with van der Waals surface area (Å²) in [5.41, 5.74) is 13.4. The Kier molecular flexibility index (Phi) is 5.55. The minimum Gasteiger partial charge on any atom is -0.486 e. The second-order valence-electron chi connectivity index (χ2n) is 5.34. The third kappa shape index (κ3) is 4.41. The minimum absolute atomic E-state index is 0.122. The third-order valence-electron chi connectivity index (χ3n) is 3.44. The molecule has 0 atom stereocenters. The van der Waals surface area contributed by atoms with Crippen molar-refractivity contribution in [2.75, 3.05) is 11.5 Å². The summed E-state index contributed by atoms with van der Waals surface area (Å²) in [7, 11) is 0. The Hall–Kier alpha value is -2.83. The Morgan fingerprint density at radius 3 is 2.42 bits per heavy atom. The fourth-order valence-electron chi connectivity index (χ4n) is 2.15. The van der Waals surface area contributed by atoms with Crippen molar-refractivity contribution in [2.24, 2.45) is 10.2 Å². The second kappa shape index (κ2) is 8.03. The number of rotatable bonds is 5. The van der Waals surface area contributed by atoms with Crippen LogP contribution in [-0.4, -0.2) is 4.98 Å². The average Bonchev–Trinajstić information content (AvgIpc) is 2.61. The molecular formula is C18H15Cl2N5O. The zero-order chi connectivity index (χ0) is 18.5. The van der Waals surface area contributed by atoms with Crippen molar-refractivity contribution in [2.45, 2.75) is 6.61 Å². The lowest BCUT2D eigenvalue weighted by molar-refractivity contribution is 0.307. The highest BCUT2D eigenvalue weighted by Crippen LogP contribution is 2.36. The monoisotopic (exact) mass is 387 g/mol. The van der Waals surface area contributed by atoms with Crippen LogP contribution >= 0.6 is 23.2 Å². The maximum absolute atomic E-state index is 6.15. The largest absolute Gasteiger partial charge is 0.486 e. The number of hydrogen-bond acceptors (Lipinski definition) is 6. The minimum atomic E-state index is 0.122. The Labute approximate surface area is 160 Å². The molecule has 0 aliphatic carbocycles. The topological polar surface area (TPSA) is 98.9 Å². The normalized spacial score (nSPS) is 11.0. The Bertz CT molecular complexity index is 945. The van der Waals surface area contributed by atoms with E-state index >= 15 is 0 Å². The van der Waals surface area contributed by atoms with Gasteiger partial charge in [-0.15, -0.1) is 5.11 Å². The van der Waals surface area contributed by atoms with Crippen LogP contribution in [0.4, 0.5) is 23.0 Å². The van der Waals surface area contributed by atoms with Gasteiger partial charge >= 0.3 is 0 Å². The number of nitrogens with zero attached hydrogens (tertiary/aromatic N) is 3. The van der Waals surface area contributed by atoms with Gasteiger partial charge in [0.15, 0.2) is 17.3 Å². The maximum atomic E-state index is 6.15. The Balaban J connectivity index is 1.87. The summed E-state index contributed by atoms with van der Waals surface area (Å²) in [6.45, 7) is 0.228. The standard InChI is InChI=1S/C18H15Cl2N5O/c19-12-5-7-13(8-6-12)24-25-17-15(9-16(21)23-18(17)22)26-10-11-3-1-2-4-14(11)20/h1-9H,10H2,(H4,21,22,23)/b25-24+. The fraction of sp³-hybridized carbons (Fsp3) is 0.0556. The molecule has 0 saturated carbocycles. The lowest BCUT2D eigenvalue weighted by Crippen LogP contribution is -2.01. The van der Waals surface area contributed by atoms with Gasteiger partial charge in [0.05, 0.1) is 5.69 Å². The van der Waals surface area contributed by atoms with E-state index in [9.17, 15) is 0 Å². The van der Waals surface area contributed by atoms with Crippen LogP contribution in [-0.2, 0) is 6.61 Å². The van der Waals surface area contributed by atoms with E-state index < -0.39 is 0 Å². The van der Waals surface area contributed by atoms with Crippen LogP contribution in [0.3, 0.4) is 0 Å². The molecule has 3 aromatic rings. The highest BCUT2D eigenvalue weighted by Gasteiger charge is 2.12. The molecule has 1 heterocycles. The van der Waals surface area contributed by atoms with Gasteiger partial charge in [0.1, 0.15) is 12.4 Å². The molecule has 0 radical (unpaired) electrons. The number of nitrogens with two attached hydrogens (primary N) is 2. The van der Waals surface area contributed by atoms with Crippen molar-refractivity contribution >= 4 is 46.2 Å². The molecule has 132 valence electrons. The van der Waals surface area contributed by atoms with Gasteiger partial charge in [-0.2, -0.15) is 5.11 Å². The van der Waals surface area contributed by atoms with Crippen molar-refractivity contribution in [3.63, 3.8) is 0 Å². The van der Waals surface area contributed by atoms with E-state index in [1.54, 1.807) is 36.4 Å². The molecule has 6 nitrogen and oxygen atoms in total. The van der Waals surface area contributed by atoms with Gasteiger partial charge in [-0.1, -0.05) is 41.4 Å². The van der Waals surface area contributed by atoms with Crippen molar-refractivity contribution in [1.82, 2.24) is 4.98 Å². The van der Waals surface area contributed by atoms with Crippen LogP contribution in [0, 0.1) is 0 Å². The van der Waals surface area contributed by atoms with Gasteiger partial charge in [-0.05, 0) is 30.3 Å². The Morgan fingerprint density at radius 1 is 0.962 bits per heavy atom. The summed E-state index contributed by atoms with van der Waals surface area (Å²) in [6.07, 6.45) is 0. The molecule has 0 bridgehead atoms. The molecule has 0 aliphatic heterocycles. The number of azo groups is 1. The number of aromatic nitrogens is 1. The van der Waals surface area contributed by atoms with Gasteiger partial charge in [0.2, 0.25) is 0 Å². The van der Waals surface area contributed by atoms with E-state index in [4.69, 9.17) is 39.4 Å². The van der Waals surface area contributed by atoms with Gasteiger partial charge in [0.25, 0.3) is 0 Å². The maximum Gasteiger partial charge on any atom is 0.170 e. The molecule has 0 spiro atoms. The summed E-state index contributed by atoms with van der Waals surface area (Å²) in [5.74, 6) is 0.714. The smallest absolute Gasteiger partial charge is 0.170 e. The van der Waals surface area contributed by atoms with Gasteiger partial charge in [-0.3, -0.25) is 0 Å². The van der Waals surface area contributed by atoms with Crippen LogP contribution in [0.5, 0.6) is 5.75 Å².